The molecule has 0 saturated heterocycles. The molecule has 108 valence electrons. The van der Waals surface area contributed by atoms with Gasteiger partial charge in [-0.25, -0.2) is 9.97 Å². The molecule has 0 aromatic carbocycles. The Labute approximate surface area is 118 Å². The number of nitrogens with two attached hydrogens (primary N) is 1. The Bertz CT molecular complexity index is 607. The van der Waals surface area contributed by atoms with Crippen molar-refractivity contribution < 1.29 is 4.74 Å². The van der Waals surface area contributed by atoms with Crippen LogP contribution in [0.5, 0.6) is 0 Å². The van der Waals surface area contributed by atoms with Crippen LogP contribution in [0.25, 0.3) is 0 Å². The number of rotatable bonds is 5. The van der Waals surface area contributed by atoms with E-state index in [1.165, 1.54) is 0 Å². The van der Waals surface area contributed by atoms with Crippen LogP contribution >= 0.6 is 0 Å². The second-order valence-corrected chi connectivity index (χ2v) is 4.65. The largest absolute Gasteiger partial charge is 0.384 e. The number of hydrogen-bond donors (Lipinski definition) is 2. The van der Waals surface area contributed by atoms with Gasteiger partial charge >= 0.3 is 0 Å². The van der Waals surface area contributed by atoms with Gasteiger partial charge in [-0.15, -0.1) is 0 Å². The van der Waals surface area contributed by atoms with Crippen LogP contribution in [-0.2, 0) is 24.9 Å². The van der Waals surface area contributed by atoms with Gasteiger partial charge in [0.05, 0.1) is 5.69 Å². The van der Waals surface area contributed by atoms with E-state index >= 15 is 0 Å². The third-order valence-corrected chi connectivity index (χ3v) is 3.17. The molecule has 0 aliphatic heterocycles. The second-order valence-electron chi connectivity index (χ2n) is 4.65. The van der Waals surface area contributed by atoms with Crippen LogP contribution in [0.1, 0.15) is 22.8 Å². The maximum absolute atomic E-state index is 5.76. The molecule has 20 heavy (non-hydrogen) atoms. The fourth-order valence-corrected chi connectivity index (χ4v) is 2.05. The summed E-state index contributed by atoms with van der Waals surface area (Å²) in [5, 5.41) is 7.64. The van der Waals surface area contributed by atoms with Crippen LogP contribution in [0, 0.1) is 13.8 Å². The summed E-state index contributed by atoms with van der Waals surface area (Å²) in [6.07, 6.45) is 0. The van der Waals surface area contributed by atoms with E-state index in [0.717, 1.165) is 17.0 Å². The van der Waals surface area contributed by atoms with Crippen molar-refractivity contribution in [3.63, 3.8) is 0 Å². The number of anilines is 2. The molecule has 2 aromatic heterocycles. The first-order valence-corrected chi connectivity index (χ1v) is 6.36. The lowest BCUT2D eigenvalue weighted by Gasteiger charge is -2.08. The summed E-state index contributed by atoms with van der Waals surface area (Å²) in [6.45, 7) is 5.02. The predicted octanol–water partition coefficient (Wildman–Crippen LogP) is 1.17. The van der Waals surface area contributed by atoms with E-state index in [1.807, 2.05) is 25.6 Å². The first-order chi connectivity index (χ1) is 9.51. The fraction of sp³-hybridized carbons (Fsp3) is 0.462. The van der Waals surface area contributed by atoms with Crippen LogP contribution in [-0.4, -0.2) is 26.9 Å². The molecule has 3 N–H and O–H groups in total. The molecule has 0 amide bonds. The van der Waals surface area contributed by atoms with Gasteiger partial charge in [-0.1, -0.05) is 0 Å². The maximum Gasteiger partial charge on any atom is 0.158 e. The van der Waals surface area contributed by atoms with Crippen molar-refractivity contribution in [1.82, 2.24) is 19.7 Å². The summed E-state index contributed by atoms with van der Waals surface area (Å²) < 4.78 is 6.89. The number of ether oxygens (including phenoxy) is 1. The van der Waals surface area contributed by atoms with Crippen LogP contribution in [0.15, 0.2) is 6.07 Å². The number of methoxy groups -OCH3 is 1. The average molecular weight is 276 g/mol. The Morgan fingerprint density at radius 3 is 2.70 bits per heavy atom. The van der Waals surface area contributed by atoms with Gasteiger partial charge in [0, 0.05) is 38.0 Å². The summed E-state index contributed by atoms with van der Waals surface area (Å²) in [7, 11) is 3.53. The molecule has 2 aromatic rings. The standard InChI is InChI=1S/C13H20N6O/c1-8-10(9(2)19(3)18-8)6-15-12-5-11(14)16-13(17-12)7-20-4/h5H,6-7H2,1-4H3,(H3,14,15,16,17). The van der Waals surface area contributed by atoms with Crippen LogP contribution in [0.4, 0.5) is 11.6 Å². The van der Waals surface area contributed by atoms with Crippen molar-refractivity contribution in [1.29, 1.82) is 0 Å². The molecule has 0 atom stereocenters. The van der Waals surface area contributed by atoms with E-state index in [0.29, 0.717) is 30.6 Å². The van der Waals surface area contributed by atoms with E-state index < -0.39 is 0 Å². The molecule has 2 rings (SSSR count). The zero-order valence-corrected chi connectivity index (χ0v) is 12.3. The topological polar surface area (TPSA) is 90.9 Å². The van der Waals surface area contributed by atoms with E-state index in [1.54, 1.807) is 13.2 Å². The van der Waals surface area contributed by atoms with Crippen molar-refractivity contribution in [2.24, 2.45) is 7.05 Å². The summed E-state index contributed by atoms with van der Waals surface area (Å²) in [5.41, 5.74) is 9.07. The zero-order chi connectivity index (χ0) is 14.7. The van der Waals surface area contributed by atoms with Crippen molar-refractivity contribution >= 4 is 11.6 Å². The van der Waals surface area contributed by atoms with E-state index in [4.69, 9.17) is 10.5 Å². The highest BCUT2D eigenvalue weighted by atomic mass is 16.5. The Hall–Kier alpha value is -2.15. The van der Waals surface area contributed by atoms with Gasteiger partial charge < -0.3 is 15.8 Å². The summed E-state index contributed by atoms with van der Waals surface area (Å²) in [5.74, 6) is 1.68. The molecule has 2 heterocycles. The molecule has 0 bridgehead atoms. The van der Waals surface area contributed by atoms with Crippen LogP contribution in [0.2, 0.25) is 0 Å². The van der Waals surface area contributed by atoms with Crippen LogP contribution in [0.3, 0.4) is 0 Å². The van der Waals surface area contributed by atoms with Crippen molar-refractivity contribution in [3.8, 4) is 0 Å². The molecular weight excluding hydrogens is 256 g/mol. The number of aromatic nitrogens is 4. The summed E-state index contributed by atoms with van der Waals surface area (Å²) >= 11 is 0. The molecule has 0 aliphatic carbocycles. The lowest BCUT2D eigenvalue weighted by molar-refractivity contribution is 0.178. The second kappa shape index (κ2) is 5.87. The summed E-state index contributed by atoms with van der Waals surface area (Å²) in [4.78, 5) is 8.45. The van der Waals surface area contributed by atoms with Crippen molar-refractivity contribution in [2.75, 3.05) is 18.2 Å². The third kappa shape index (κ3) is 3.05. The van der Waals surface area contributed by atoms with Gasteiger partial charge in [-0.2, -0.15) is 5.10 Å². The van der Waals surface area contributed by atoms with Gasteiger partial charge in [-0.3, -0.25) is 4.68 Å². The monoisotopic (exact) mass is 276 g/mol. The minimum Gasteiger partial charge on any atom is -0.384 e. The molecule has 7 nitrogen and oxygen atoms in total. The molecule has 0 saturated carbocycles. The highest BCUT2D eigenvalue weighted by Gasteiger charge is 2.10. The Kier molecular flexibility index (Phi) is 4.19. The highest BCUT2D eigenvalue weighted by Crippen LogP contribution is 2.15. The maximum atomic E-state index is 5.76. The van der Waals surface area contributed by atoms with Gasteiger partial charge in [0.15, 0.2) is 5.82 Å². The fourth-order valence-electron chi connectivity index (χ4n) is 2.05. The molecule has 0 aliphatic rings. The number of aryl methyl sites for hydroxylation is 2. The lowest BCUT2D eigenvalue weighted by atomic mass is 10.2. The average Bonchev–Trinajstić information content (AvgIpc) is 2.61. The van der Waals surface area contributed by atoms with E-state index in [9.17, 15) is 0 Å². The molecule has 7 heteroatoms. The number of nitrogens with zero attached hydrogens (tertiary/aromatic N) is 4. The SMILES string of the molecule is COCc1nc(N)cc(NCc2c(C)nn(C)c2C)n1. The van der Waals surface area contributed by atoms with Crippen molar-refractivity contribution in [2.45, 2.75) is 27.0 Å². The predicted molar refractivity (Wildman–Crippen MR) is 77.2 cm³/mol. The molecular formula is C13H20N6O. The molecule has 0 fully saturated rings. The molecule has 0 unspecified atom stereocenters. The molecule has 0 radical (unpaired) electrons. The molecule has 0 spiro atoms. The summed E-state index contributed by atoms with van der Waals surface area (Å²) in [6, 6.07) is 1.71. The van der Waals surface area contributed by atoms with Gasteiger partial charge in [0.25, 0.3) is 0 Å². The first kappa shape index (κ1) is 14.3. The Morgan fingerprint density at radius 1 is 1.35 bits per heavy atom. The zero-order valence-electron chi connectivity index (χ0n) is 12.3. The normalized spacial score (nSPS) is 10.8. The van der Waals surface area contributed by atoms with Crippen molar-refractivity contribution in [3.05, 3.63) is 28.8 Å². The van der Waals surface area contributed by atoms with E-state index in [2.05, 4.69) is 20.4 Å². The minimum absolute atomic E-state index is 0.338. The van der Waals surface area contributed by atoms with Gasteiger partial charge in [0.1, 0.15) is 18.2 Å². The minimum atomic E-state index is 0.338. The van der Waals surface area contributed by atoms with Gasteiger partial charge in [-0.05, 0) is 13.8 Å². The smallest absolute Gasteiger partial charge is 0.158 e. The number of hydrogen-bond acceptors (Lipinski definition) is 6. The van der Waals surface area contributed by atoms with Crippen LogP contribution < -0.4 is 11.1 Å². The highest BCUT2D eigenvalue weighted by molar-refractivity contribution is 5.45. The van der Waals surface area contributed by atoms with E-state index in [-0.39, 0.29) is 0 Å². The Morgan fingerprint density at radius 2 is 2.10 bits per heavy atom. The number of nitrogens with one attached hydrogen (secondary N) is 1. The number of nitrogen functional groups attached to an aromatic ring is 1. The lowest BCUT2D eigenvalue weighted by Crippen LogP contribution is -2.08. The Balaban J connectivity index is 2.14. The quantitative estimate of drug-likeness (QED) is 0.851. The first-order valence-electron chi connectivity index (χ1n) is 6.36. The van der Waals surface area contributed by atoms with Gasteiger partial charge in [0.2, 0.25) is 0 Å². The third-order valence-electron chi connectivity index (χ3n) is 3.17.